The fourth-order valence-electron chi connectivity index (χ4n) is 1.28. The Balaban J connectivity index is 2.88. The van der Waals surface area contributed by atoms with Gasteiger partial charge in [0.25, 0.3) is 5.69 Å². The molecule has 0 radical (unpaired) electrons. The molecule has 1 aromatic carbocycles. The summed E-state index contributed by atoms with van der Waals surface area (Å²) in [4.78, 5) is 10.1. The van der Waals surface area contributed by atoms with Crippen molar-refractivity contribution in [3.05, 3.63) is 39.9 Å². The van der Waals surface area contributed by atoms with Crippen LogP contribution in [0.4, 0.5) is 5.69 Å². The average molecular weight is 193 g/mol. The first-order valence-electron chi connectivity index (χ1n) is 4.76. The normalized spacial score (nSPS) is 12.9. The second-order valence-electron chi connectivity index (χ2n) is 3.88. The Morgan fingerprint density at radius 2 is 1.64 bits per heavy atom. The molecule has 0 bridgehead atoms. The third-order valence-electron chi connectivity index (χ3n) is 2.63. The third kappa shape index (κ3) is 2.31. The monoisotopic (exact) mass is 193 g/mol. The first-order chi connectivity index (χ1) is 6.52. The van der Waals surface area contributed by atoms with Gasteiger partial charge in [-0.2, -0.15) is 0 Å². The largest absolute Gasteiger partial charge is 0.269 e. The molecule has 3 nitrogen and oxygen atoms in total. The van der Waals surface area contributed by atoms with Crippen molar-refractivity contribution < 1.29 is 4.92 Å². The molecule has 1 atom stereocenters. The van der Waals surface area contributed by atoms with Gasteiger partial charge in [-0.05, 0) is 17.4 Å². The summed E-state index contributed by atoms with van der Waals surface area (Å²) in [7, 11) is 0. The fourth-order valence-corrected chi connectivity index (χ4v) is 1.28. The molecule has 0 saturated carbocycles. The fraction of sp³-hybridized carbons (Fsp3) is 0.455. The van der Waals surface area contributed by atoms with E-state index in [0.29, 0.717) is 11.8 Å². The second-order valence-corrected chi connectivity index (χ2v) is 3.88. The average Bonchev–Trinajstić information content (AvgIpc) is 2.16. The van der Waals surface area contributed by atoms with Crippen LogP contribution in [0, 0.1) is 16.0 Å². The maximum absolute atomic E-state index is 10.4. The molecule has 0 amide bonds. The lowest BCUT2D eigenvalue weighted by atomic mass is 9.90. The highest BCUT2D eigenvalue weighted by Gasteiger charge is 2.11. The molecular weight excluding hydrogens is 178 g/mol. The molecule has 0 aliphatic carbocycles. The highest BCUT2D eigenvalue weighted by molar-refractivity contribution is 5.34. The van der Waals surface area contributed by atoms with Crippen molar-refractivity contribution in [3.63, 3.8) is 0 Å². The summed E-state index contributed by atoms with van der Waals surface area (Å²) in [6, 6.07) is 6.80. The van der Waals surface area contributed by atoms with Crippen LogP contribution in [0.1, 0.15) is 32.3 Å². The zero-order valence-electron chi connectivity index (χ0n) is 8.73. The Bertz CT molecular complexity index is 317. The molecule has 0 aromatic heterocycles. The SMILES string of the molecule is CC(C)C(C)c1ccc([N+](=O)[O-])cc1. The molecule has 1 rings (SSSR count). The highest BCUT2D eigenvalue weighted by atomic mass is 16.6. The van der Waals surface area contributed by atoms with Crippen molar-refractivity contribution in [2.45, 2.75) is 26.7 Å². The number of hydrogen-bond acceptors (Lipinski definition) is 2. The van der Waals surface area contributed by atoms with Gasteiger partial charge < -0.3 is 0 Å². The van der Waals surface area contributed by atoms with E-state index in [-0.39, 0.29) is 10.6 Å². The van der Waals surface area contributed by atoms with Crippen molar-refractivity contribution in [3.8, 4) is 0 Å². The topological polar surface area (TPSA) is 43.1 Å². The minimum Gasteiger partial charge on any atom is -0.258 e. The predicted molar refractivity (Wildman–Crippen MR) is 56.3 cm³/mol. The zero-order valence-corrected chi connectivity index (χ0v) is 8.73. The smallest absolute Gasteiger partial charge is 0.258 e. The zero-order chi connectivity index (χ0) is 10.7. The summed E-state index contributed by atoms with van der Waals surface area (Å²) >= 11 is 0. The molecule has 0 N–H and O–H groups in total. The number of nitrogens with zero attached hydrogens (tertiary/aromatic N) is 1. The summed E-state index contributed by atoms with van der Waals surface area (Å²) in [5.74, 6) is 0.993. The summed E-state index contributed by atoms with van der Waals surface area (Å²) in [5, 5.41) is 10.4. The molecule has 0 aliphatic rings. The molecule has 76 valence electrons. The van der Waals surface area contributed by atoms with Crippen LogP contribution < -0.4 is 0 Å². The van der Waals surface area contributed by atoms with Gasteiger partial charge in [0.2, 0.25) is 0 Å². The van der Waals surface area contributed by atoms with Crippen LogP contribution >= 0.6 is 0 Å². The van der Waals surface area contributed by atoms with Crippen molar-refractivity contribution in [2.75, 3.05) is 0 Å². The van der Waals surface area contributed by atoms with E-state index in [2.05, 4.69) is 20.8 Å². The first-order valence-corrected chi connectivity index (χ1v) is 4.76. The molecule has 3 heteroatoms. The van der Waals surface area contributed by atoms with Crippen molar-refractivity contribution in [1.82, 2.24) is 0 Å². The second kappa shape index (κ2) is 4.22. The number of benzene rings is 1. The lowest BCUT2D eigenvalue weighted by Crippen LogP contribution is -2.01. The number of hydrogen-bond donors (Lipinski definition) is 0. The lowest BCUT2D eigenvalue weighted by Gasteiger charge is -2.15. The van der Waals surface area contributed by atoms with Crippen molar-refractivity contribution >= 4 is 5.69 Å². The lowest BCUT2D eigenvalue weighted by molar-refractivity contribution is -0.384. The minimum atomic E-state index is -0.371. The van der Waals surface area contributed by atoms with Gasteiger partial charge in [0.15, 0.2) is 0 Å². The number of non-ortho nitro benzene ring substituents is 1. The third-order valence-corrected chi connectivity index (χ3v) is 2.63. The molecule has 0 heterocycles. The molecule has 1 aromatic rings. The van der Waals surface area contributed by atoms with Gasteiger partial charge in [-0.15, -0.1) is 0 Å². The van der Waals surface area contributed by atoms with Gasteiger partial charge in [-0.3, -0.25) is 10.1 Å². The van der Waals surface area contributed by atoms with E-state index in [1.165, 1.54) is 0 Å². The van der Waals surface area contributed by atoms with Crippen LogP contribution in [0.25, 0.3) is 0 Å². The minimum absolute atomic E-state index is 0.157. The molecule has 0 aliphatic heterocycles. The van der Waals surface area contributed by atoms with Gasteiger partial charge >= 0.3 is 0 Å². The Morgan fingerprint density at radius 1 is 1.14 bits per heavy atom. The maximum atomic E-state index is 10.4. The summed E-state index contributed by atoms with van der Waals surface area (Å²) < 4.78 is 0. The van der Waals surface area contributed by atoms with Gasteiger partial charge in [0, 0.05) is 12.1 Å². The Kier molecular flexibility index (Phi) is 3.23. The first kappa shape index (κ1) is 10.7. The van der Waals surface area contributed by atoms with Crippen LogP contribution in [0.15, 0.2) is 24.3 Å². The van der Waals surface area contributed by atoms with E-state index >= 15 is 0 Å². The van der Waals surface area contributed by atoms with Gasteiger partial charge in [-0.25, -0.2) is 0 Å². The quantitative estimate of drug-likeness (QED) is 0.545. The maximum Gasteiger partial charge on any atom is 0.269 e. The van der Waals surface area contributed by atoms with E-state index in [9.17, 15) is 10.1 Å². The number of nitro groups is 1. The van der Waals surface area contributed by atoms with Gasteiger partial charge in [0.05, 0.1) is 4.92 Å². The van der Waals surface area contributed by atoms with Crippen molar-refractivity contribution in [2.24, 2.45) is 5.92 Å². The standard InChI is InChI=1S/C11H15NO2/c1-8(2)9(3)10-4-6-11(7-5-10)12(13)14/h4-9H,1-3H3. The Hall–Kier alpha value is -1.38. The highest BCUT2D eigenvalue weighted by Crippen LogP contribution is 2.25. The van der Waals surface area contributed by atoms with E-state index in [1.807, 2.05) is 12.1 Å². The molecule has 1 unspecified atom stereocenters. The van der Waals surface area contributed by atoms with Crippen LogP contribution in [-0.2, 0) is 0 Å². The Labute approximate surface area is 83.9 Å². The number of nitro benzene ring substituents is 1. The summed E-state index contributed by atoms with van der Waals surface area (Å²) in [6.45, 7) is 6.42. The molecule has 0 fully saturated rings. The molecular formula is C11H15NO2. The van der Waals surface area contributed by atoms with E-state index in [0.717, 1.165) is 5.56 Å². The molecule has 14 heavy (non-hydrogen) atoms. The Morgan fingerprint density at radius 3 is 2.00 bits per heavy atom. The predicted octanol–water partition coefficient (Wildman–Crippen LogP) is 3.35. The summed E-state index contributed by atoms with van der Waals surface area (Å²) in [5.41, 5.74) is 1.32. The van der Waals surface area contributed by atoms with E-state index in [4.69, 9.17) is 0 Å². The van der Waals surface area contributed by atoms with E-state index in [1.54, 1.807) is 12.1 Å². The molecule has 0 saturated heterocycles. The van der Waals surface area contributed by atoms with Crippen LogP contribution in [0.3, 0.4) is 0 Å². The van der Waals surface area contributed by atoms with Crippen LogP contribution in [0.5, 0.6) is 0 Å². The van der Waals surface area contributed by atoms with E-state index < -0.39 is 0 Å². The van der Waals surface area contributed by atoms with Crippen molar-refractivity contribution in [1.29, 1.82) is 0 Å². The molecule has 0 spiro atoms. The van der Waals surface area contributed by atoms with Crippen LogP contribution in [-0.4, -0.2) is 4.92 Å². The van der Waals surface area contributed by atoms with Gasteiger partial charge in [-0.1, -0.05) is 32.9 Å². The number of rotatable bonds is 3. The van der Waals surface area contributed by atoms with Crippen LogP contribution in [0.2, 0.25) is 0 Å². The summed E-state index contributed by atoms with van der Waals surface area (Å²) in [6.07, 6.45) is 0. The van der Waals surface area contributed by atoms with Gasteiger partial charge in [0.1, 0.15) is 0 Å².